The van der Waals surface area contributed by atoms with E-state index in [1.165, 1.54) is 0 Å². The second-order valence-electron chi connectivity index (χ2n) is 5.56. The van der Waals surface area contributed by atoms with Crippen LogP contribution in [0.4, 0.5) is 0 Å². The van der Waals surface area contributed by atoms with Gasteiger partial charge in [-0.25, -0.2) is 0 Å². The van der Waals surface area contributed by atoms with Gasteiger partial charge in [0.1, 0.15) is 0 Å². The van der Waals surface area contributed by atoms with E-state index in [2.05, 4.69) is 29.1 Å². The lowest BCUT2D eigenvalue weighted by molar-refractivity contribution is 0.310. The summed E-state index contributed by atoms with van der Waals surface area (Å²) in [4.78, 5) is 0. The number of hydrogen-bond acceptors (Lipinski definition) is 4. The van der Waals surface area contributed by atoms with E-state index in [1.54, 1.807) is 0 Å². The maximum atomic E-state index is 5.63. The smallest absolute Gasteiger partial charge is 0.177 e. The Kier molecular flexibility index (Phi) is 3.61. The highest BCUT2D eigenvalue weighted by Gasteiger charge is 2.18. The highest BCUT2D eigenvalue weighted by atomic mass is 15.4. The predicted octanol–water partition coefficient (Wildman–Crippen LogP) is 1.74. The summed E-state index contributed by atoms with van der Waals surface area (Å²) in [7, 11) is 0. The van der Waals surface area contributed by atoms with Gasteiger partial charge in [-0.15, -0.1) is 10.2 Å². The van der Waals surface area contributed by atoms with Crippen molar-refractivity contribution < 1.29 is 0 Å². The van der Waals surface area contributed by atoms with Crippen LogP contribution in [-0.4, -0.2) is 26.4 Å². The molecule has 2 N–H and O–H groups in total. The van der Waals surface area contributed by atoms with Gasteiger partial charge in [-0.3, -0.25) is 0 Å². The van der Waals surface area contributed by atoms with E-state index in [9.17, 15) is 0 Å². The minimum atomic E-state index is 0.240. The Morgan fingerprint density at radius 1 is 1.22 bits per heavy atom. The van der Waals surface area contributed by atoms with Crippen LogP contribution in [0.5, 0.6) is 0 Å². The van der Waals surface area contributed by atoms with E-state index in [1.807, 2.05) is 23.6 Å². The molecule has 0 aliphatic carbocycles. The van der Waals surface area contributed by atoms with Gasteiger partial charge in [0.15, 0.2) is 11.5 Å². The Morgan fingerprint density at radius 3 is 2.72 bits per heavy atom. The fourth-order valence-electron chi connectivity index (χ4n) is 2.05. The van der Waals surface area contributed by atoms with Crippen LogP contribution in [0.1, 0.15) is 38.2 Å². The molecule has 0 aromatic carbocycles. The molecule has 2 aromatic heterocycles. The van der Waals surface area contributed by atoms with E-state index in [4.69, 9.17) is 5.73 Å². The zero-order valence-corrected chi connectivity index (χ0v) is 11.3. The number of fused-ring (bicyclic) bond motifs is 1. The third kappa shape index (κ3) is 2.85. The molecule has 0 spiro atoms. The quantitative estimate of drug-likeness (QED) is 0.873. The topological polar surface area (TPSA) is 69.1 Å². The largest absolute Gasteiger partial charge is 0.330 e. The van der Waals surface area contributed by atoms with Gasteiger partial charge >= 0.3 is 0 Å². The molecule has 0 atom stereocenters. The van der Waals surface area contributed by atoms with Gasteiger partial charge in [-0.1, -0.05) is 13.8 Å². The zero-order valence-electron chi connectivity index (χ0n) is 11.3. The lowest BCUT2D eigenvalue weighted by Crippen LogP contribution is -2.18. The first kappa shape index (κ1) is 13.0. The van der Waals surface area contributed by atoms with Crippen LogP contribution in [0.25, 0.3) is 5.65 Å². The van der Waals surface area contributed by atoms with Crippen LogP contribution in [0, 0.1) is 12.3 Å². The number of rotatable bonds is 5. The van der Waals surface area contributed by atoms with Crippen molar-refractivity contribution >= 4 is 5.65 Å². The maximum Gasteiger partial charge on any atom is 0.177 e. The Hall–Kier alpha value is -1.49. The minimum Gasteiger partial charge on any atom is -0.330 e. The van der Waals surface area contributed by atoms with Crippen LogP contribution < -0.4 is 5.73 Å². The Bertz CT molecular complexity index is 529. The van der Waals surface area contributed by atoms with Crippen molar-refractivity contribution in [3.63, 3.8) is 0 Å². The first-order chi connectivity index (χ1) is 8.52. The van der Waals surface area contributed by atoms with Crippen LogP contribution in [0.2, 0.25) is 0 Å². The summed E-state index contributed by atoms with van der Waals surface area (Å²) in [6.07, 6.45) is 2.95. The van der Waals surface area contributed by atoms with Crippen LogP contribution in [0.15, 0.2) is 12.1 Å². The van der Waals surface area contributed by atoms with Crippen molar-refractivity contribution in [2.45, 2.75) is 40.0 Å². The van der Waals surface area contributed by atoms with Gasteiger partial charge in [0.25, 0.3) is 0 Å². The molecule has 0 aliphatic rings. The lowest BCUT2D eigenvalue weighted by Gasteiger charge is -2.22. The van der Waals surface area contributed by atoms with E-state index >= 15 is 0 Å². The monoisotopic (exact) mass is 247 g/mol. The highest BCUT2D eigenvalue weighted by Crippen LogP contribution is 2.25. The second-order valence-corrected chi connectivity index (χ2v) is 5.56. The van der Waals surface area contributed by atoms with Crippen molar-refractivity contribution in [1.82, 2.24) is 19.8 Å². The van der Waals surface area contributed by atoms with E-state index < -0.39 is 0 Å². The minimum absolute atomic E-state index is 0.240. The summed E-state index contributed by atoms with van der Waals surface area (Å²) in [5.41, 5.74) is 7.66. The number of nitrogens with two attached hydrogens (primary N) is 1. The van der Waals surface area contributed by atoms with Gasteiger partial charge in [0, 0.05) is 6.42 Å². The second kappa shape index (κ2) is 5.02. The molecule has 0 radical (unpaired) electrons. The first-order valence-electron chi connectivity index (χ1n) is 6.40. The molecule has 0 amide bonds. The molecule has 0 unspecified atom stereocenters. The van der Waals surface area contributed by atoms with Gasteiger partial charge in [0.2, 0.25) is 0 Å². The van der Waals surface area contributed by atoms with Crippen molar-refractivity contribution in [3.05, 3.63) is 23.7 Å². The van der Waals surface area contributed by atoms with Gasteiger partial charge in [-0.2, -0.15) is 9.61 Å². The SMILES string of the molecule is Cc1ccc2nnc(CCC(C)(C)CCN)n2n1. The number of aromatic nitrogens is 4. The molecule has 2 aromatic rings. The van der Waals surface area contributed by atoms with Crippen molar-refractivity contribution in [1.29, 1.82) is 0 Å². The summed E-state index contributed by atoms with van der Waals surface area (Å²) in [5.74, 6) is 0.929. The van der Waals surface area contributed by atoms with Crippen molar-refractivity contribution in [3.8, 4) is 0 Å². The molecule has 18 heavy (non-hydrogen) atoms. The molecule has 2 heterocycles. The molecule has 98 valence electrons. The summed E-state index contributed by atoms with van der Waals surface area (Å²) >= 11 is 0. The predicted molar refractivity (Wildman–Crippen MR) is 71.3 cm³/mol. The third-order valence-corrected chi connectivity index (χ3v) is 3.31. The van der Waals surface area contributed by atoms with Gasteiger partial charge in [-0.05, 0) is 43.9 Å². The third-order valence-electron chi connectivity index (χ3n) is 3.31. The van der Waals surface area contributed by atoms with Crippen LogP contribution >= 0.6 is 0 Å². The summed E-state index contributed by atoms with van der Waals surface area (Å²) in [5, 5.41) is 12.8. The van der Waals surface area contributed by atoms with Crippen molar-refractivity contribution in [2.24, 2.45) is 11.1 Å². The Morgan fingerprint density at radius 2 is 2.00 bits per heavy atom. The molecule has 0 bridgehead atoms. The summed E-state index contributed by atoms with van der Waals surface area (Å²) in [6, 6.07) is 3.90. The molecule has 5 heteroatoms. The molecular weight excluding hydrogens is 226 g/mol. The maximum absolute atomic E-state index is 5.63. The number of aryl methyl sites for hydroxylation is 2. The van der Waals surface area contributed by atoms with Crippen molar-refractivity contribution in [2.75, 3.05) is 6.54 Å². The lowest BCUT2D eigenvalue weighted by atomic mass is 9.84. The normalized spacial score (nSPS) is 12.2. The molecule has 0 saturated carbocycles. The molecule has 5 nitrogen and oxygen atoms in total. The molecular formula is C13H21N5. The molecule has 0 aliphatic heterocycles. The molecule has 0 saturated heterocycles. The fraction of sp³-hybridized carbons (Fsp3) is 0.615. The summed E-state index contributed by atoms with van der Waals surface area (Å²) < 4.78 is 1.84. The van der Waals surface area contributed by atoms with E-state index in [0.717, 1.165) is 43.0 Å². The van der Waals surface area contributed by atoms with Gasteiger partial charge in [0.05, 0.1) is 5.69 Å². The zero-order chi connectivity index (χ0) is 13.2. The Balaban J connectivity index is 2.15. The molecule has 0 fully saturated rings. The van der Waals surface area contributed by atoms with E-state index in [0.29, 0.717) is 0 Å². The fourth-order valence-corrected chi connectivity index (χ4v) is 2.05. The van der Waals surface area contributed by atoms with Gasteiger partial charge < -0.3 is 5.73 Å². The summed E-state index contributed by atoms with van der Waals surface area (Å²) in [6.45, 7) is 7.18. The molecule has 2 rings (SSSR count). The Labute approximate surface area is 107 Å². The van der Waals surface area contributed by atoms with Crippen LogP contribution in [-0.2, 0) is 6.42 Å². The van der Waals surface area contributed by atoms with E-state index in [-0.39, 0.29) is 5.41 Å². The number of hydrogen-bond donors (Lipinski definition) is 1. The number of nitrogens with zero attached hydrogens (tertiary/aromatic N) is 4. The first-order valence-corrected chi connectivity index (χ1v) is 6.40. The average molecular weight is 247 g/mol. The van der Waals surface area contributed by atoms with Crippen LogP contribution in [0.3, 0.4) is 0 Å². The standard InChI is InChI=1S/C13H21N5/c1-10-4-5-11-15-16-12(18(11)17-10)6-7-13(2,3)8-9-14/h4-5H,6-9,14H2,1-3H3. The average Bonchev–Trinajstić information content (AvgIpc) is 2.69. The highest BCUT2D eigenvalue weighted by molar-refractivity contribution is 5.35.